The van der Waals surface area contributed by atoms with Crippen LogP contribution in [0.1, 0.15) is 70.3 Å². The van der Waals surface area contributed by atoms with Gasteiger partial charge < -0.3 is 4.74 Å². The van der Waals surface area contributed by atoms with Crippen molar-refractivity contribution >= 4 is 11.6 Å². The molecular formula is C24H34ClFO. The first kappa shape index (κ1) is 20.7. The first-order valence-corrected chi connectivity index (χ1v) is 11.3. The van der Waals surface area contributed by atoms with Crippen LogP contribution in [0.4, 0.5) is 4.39 Å². The van der Waals surface area contributed by atoms with E-state index in [4.69, 9.17) is 16.3 Å². The lowest BCUT2D eigenvalue weighted by molar-refractivity contribution is 0.153. The summed E-state index contributed by atoms with van der Waals surface area (Å²) in [5.41, 5.74) is 2.80. The molecular weight excluding hydrogens is 359 g/mol. The van der Waals surface area contributed by atoms with E-state index in [-0.39, 0.29) is 5.82 Å². The standard InChI is InChI=1S/C24H34ClFO/c1-2-27-24-14-9-20(17-23(24)26)4-3-18-5-10-21(11-6-18)22-12-7-19(8-13-22)15-16-25/h9,14-19,21-22H,2-8,10-13H2,1H3. The minimum Gasteiger partial charge on any atom is -0.491 e. The fourth-order valence-corrected chi connectivity index (χ4v) is 5.41. The van der Waals surface area contributed by atoms with Gasteiger partial charge in [0.2, 0.25) is 0 Å². The summed E-state index contributed by atoms with van der Waals surface area (Å²) in [6.45, 7) is 2.39. The van der Waals surface area contributed by atoms with E-state index >= 15 is 0 Å². The Labute approximate surface area is 169 Å². The van der Waals surface area contributed by atoms with Crippen LogP contribution in [0.2, 0.25) is 0 Å². The minimum atomic E-state index is -0.224. The number of halogens is 2. The van der Waals surface area contributed by atoms with Crippen molar-refractivity contribution in [2.45, 2.75) is 71.1 Å². The summed E-state index contributed by atoms with van der Waals surface area (Å²) < 4.78 is 19.3. The van der Waals surface area contributed by atoms with Crippen LogP contribution in [-0.2, 0) is 6.42 Å². The minimum absolute atomic E-state index is 0.224. The maximum atomic E-state index is 14.0. The molecule has 0 N–H and O–H groups in total. The maximum Gasteiger partial charge on any atom is 0.165 e. The molecule has 2 aliphatic rings. The summed E-state index contributed by atoms with van der Waals surface area (Å²) in [6.07, 6.45) is 15.2. The first-order chi connectivity index (χ1) is 13.2. The van der Waals surface area contributed by atoms with Crippen LogP contribution in [0.3, 0.4) is 0 Å². The van der Waals surface area contributed by atoms with Gasteiger partial charge in [0.05, 0.1) is 6.61 Å². The van der Waals surface area contributed by atoms with E-state index in [1.807, 2.05) is 13.0 Å². The molecule has 0 aliphatic heterocycles. The van der Waals surface area contributed by atoms with Crippen molar-refractivity contribution in [3.63, 3.8) is 0 Å². The lowest BCUT2D eigenvalue weighted by Gasteiger charge is -2.37. The Bertz CT molecular complexity index is 598. The van der Waals surface area contributed by atoms with E-state index in [9.17, 15) is 4.39 Å². The normalized spacial score (nSPS) is 29.1. The molecule has 27 heavy (non-hydrogen) atoms. The van der Waals surface area contributed by atoms with Crippen molar-refractivity contribution < 1.29 is 9.13 Å². The third-order valence-electron chi connectivity index (χ3n) is 6.86. The van der Waals surface area contributed by atoms with Gasteiger partial charge in [-0.05, 0) is 99.7 Å². The third-order valence-corrected chi connectivity index (χ3v) is 7.00. The van der Waals surface area contributed by atoms with Gasteiger partial charge in [-0.1, -0.05) is 36.6 Å². The van der Waals surface area contributed by atoms with E-state index in [1.54, 1.807) is 17.7 Å². The number of hydrogen-bond donors (Lipinski definition) is 0. The van der Waals surface area contributed by atoms with Gasteiger partial charge in [0.1, 0.15) is 0 Å². The molecule has 0 bridgehead atoms. The lowest BCUT2D eigenvalue weighted by Crippen LogP contribution is -2.25. The molecule has 0 unspecified atom stereocenters. The average molecular weight is 393 g/mol. The fourth-order valence-electron chi connectivity index (χ4n) is 5.20. The number of ether oxygens (including phenoxy) is 1. The second-order valence-electron chi connectivity index (χ2n) is 8.51. The van der Waals surface area contributed by atoms with E-state index in [2.05, 4.69) is 6.08 Å². The number of benzene rings is 1. The predicted molar refractivity (Wildman–Crippen MR) is 112 cm³/mol. The summed E-state index contributed by atoms with van der Waals surface area (Å²) in [5, 5.41) is 0. The molecule has 3 heteroatoms. The molecule has 1 nitrogen and oxygen atoms in total. The van der Waals surface area contributed by atoms with Crippen molar-refractivity contribution in [2.75, 3.05) is 6.61 Å². The van der Waals surface area contributed by atoms with Gasteiger partial charge in [-0.25, -0.2) is 4.39 Å². The quantitative estimate of drug-likeness (QED) is 0.466. The molecule has 0 amide bonds. The molecule has 0 radical (unpaired) electrons. The summed E-state index contributed by atoms with van der Waals surface area (Å²) in [4.78, 5) is 0. The molecule has 1 aromatic carbocycles. The van der Waals surface area contributed by atoms with Crippen molar-refractivity contribution in [1.29, 1.82) is 0 Å². The van der Waals surface area contributed by atoms with Crippen molar-refractivity contribution in [3.8, 4) is 5.75 Å². The molecule has 3 rings (SSSR count). The molecule has 0 aromatic heterocycles. The van der Waals surface area contributed by atoms with E-state index < -0.39 is 0 Å². The maximum absolute atomic E-state index is 14.0. The highest BCUT2D eigenvalue weighted by Gasteiger charge is 2.30. The zero-order valence-corrected chi connectivity index (χ0v) is 17.4. The van der Waals surface area contributed by atoms with Gasteiger partial charge >= 0.3 is 0 Å². The van der Waals surface area contributed by atoms with Gasteiger partial charge in [-0.15, -0.1) is 0 Å². The zero-order valence-electron chi connectivity index (χ0n) is 16.6. The van der Waals surface area contributed by atoms with Gasteiger partial charge in [-0.2, -0.15) is 0 Å². The highest BCUT2D eigenvalue weighted by Crippen LogP contribution is 2.42. The SMILES string of the molecule is CCOc1ccc(CCC2CCC(C3CCC(C=CCl)CC3)CC2)cc1F. The smallest absolute Gasteiger partial charge is 0.165 e. The Hall–Kier alpha value is -1.02. The van der Waals surface area contributed by atoms with E-state index in [0.29, 0.717) is 18.3 Å². The first-order valence-electron chi connectivity index (χ1n) is 10.9. The average Bonchev–Trinajstić information content (AvgIpc) is 2.70. The molecule has 2 aliphatic carbocycles. The summed E-state index contributed by atoms with van der Waals surface area (Å²) in [6, 6.07) is 5.46. The topological polar surface area (TPSA) is 9.23 Å². The Morgan fingerprint density at radius 3 is 2.30 bits per heavy atom. The summed E-state index contributed by atoms with van der Waals surface area (Å²) in [5.74, 6) is 3.54. The largest absolute Gasteiger partial charge is 0.491 e. The predicted octanol–water partition coefficient (Wildman–Crippen LogP) is 7.52. The number of hydrogen-bond acceptors (Lipinski definition) is 1. The molecule has 150 valence electrons. The summed E-state index contributed by atoms with van der Waals surface area (Å²) in [7, 11) is 0. The highest BCUT2D eigenvalue weighted by atomic mass is 35.5. The van der Waals surface area contributed by atoms with Crippen LogP contribution in [0.15, 0.2) is 29.8 Å². The van der Waals surface area contributed by atoms with Crippen LogP contribution in [0.25, 0.3) is 0 Å². The molecule has 2 saturated carbocycles. The van der Waals surface area contributed by atoms with Crippen LogP contribution < -0.4 is 4.74 Å². The molecule has 0 saturated heterocycles. The summed E-state index contributed by atoms with van der Waals surface area (Å²) >= 11 is 5.73. The molecule has 0 atom stereocenters. The van der Waals surface area contributed by atoms with Crippen LogP contribution in [-0.4, -0.2) is 6.61 Å². The number of rotatable bonds is 7. The molecule has 0 heterocycles. The second-order valence-corrected chi connectivity index (χ2v) is 8.76. The van der Waals surface area contributed by atoms with Gasteiger partial charge in [0.15, 0.2) is 11.6 Å². The fraction of sp³-hybridized carbons (Fsp3) is 0.667. The van der Waals surface area contributed by atoms with Crippen molar-refractivity contribution in [2.24, 2.45) is 23.7 Å². The van der Waals surface area contributed by atoms with Gasteiger partial charge in [0.25, 0.3) is 0 Å². The third kappa shape index (κ3) is 5.98. The Morgan fingerprint density at radius 1 is 1.04 bits per heavy atom. The Balaban J connectivity index is 1.39. The number of allylic oxidation sites excluding steroid dienone is 1. The molecule has 0 spiro atoms. The Morgan fingerprint density at radius 2 is 1.70 bits per heavy atom. The van der Waals surface area contributed by atoms with Crippen molar-refractivity contribution in [3.05, 3.63) is 41.2 Å². The van der Waals surface area contributed by atoms with Crippen molar-refractivity contribution in [1.82, 2.24) is 0 Å². The zero-order chi connectivity index (χ0) is 19.1. The van der Waals surface area contributed by atoms with Gasteiger partial charge in [0, 0.05) is 5.54 Å². The van der Waals surface area contributed by atoms with Crippen LogP contribution in [0, 0.1) is 29.5 Å². The molecule has 1 aromatic rings. The van der Waals surface area contributed by atoms with Crippen LogP contribution >= 0.6 is 11.6 Å². The lowest BCUT2D eigenvalue weighted by atomic mass is 9.68. The number of aryl methyl sites for hydroxylation is 1. The van der Waals surface area contributed by atoms with Gasteiger partial charge in [-0.3, -0.25) is 0 Å². The monoisotopic (exact) mass is 392 g/mol. The van der Waals surface area contributed by atoms with E-state index in [1.165, 1.54) is 57.8 Å². The van der Waals surface area contributed by atoms with Crippen LogP contribution in [0.5, 0.6) is 5.75 Å². The Kier molecular flexibility index (Phi) is 8.06. The molecule has 2 fully saturated rings. The van der Waals surface area contributed by atoms with E-state index in [0.717, 1.165) is 29.7 Å². The second kappa shape index (κ2) is 10.5. The highest BCUT2D eigenvalue weighted by molar-refractivity contribution is 6.25.